The molecule has 12 N–H and O–H groups in total. The number of fused-ring (bicyclic) bond motifs is 2. The number of esters is 4. The highest BCUT2D eigenvalue weighted by molar-refractivity contribution is 5.97. The Bertz CT molecular complexity index is 4450. The summed E-state index contributed by atoms with van der Waals surface area (Å²) in [5.41, 5.74) is 6.18. The van der Waals surface area contributed by atoms with E-state index in [9.17, 15) is 87.2 Å². The molecule has 4 aliphatic heterocycles. The molecule has 10 amide bonds. The monoisotopic (exact) mass is 1960 g/mol. The minimum Gasteiger partial charge on any atom is -1.00 e. The Morgan fingerprint density at radius 3 is 1.29 bits per heavy atom. The fourth-order valence-electron chi connectivity index (χ4n) is 16.8. The predicted molar refractivity (Wildman–Crippen MR) is 509 cm³/mol. The number of carboxylic acids is 1. The van der Waals surface area contributed by atoms with Crippen LogP contribution in [0.1, 0.15) is 218 Å². The summed E-state index contributed by atoms with van der Waals surface area (Å²) in [5.74, 6) is -10.1. The van der Waals surface area contributed by atoms with Gasteiger partial charge in [0.1, 0.15) is 72.5 Å². The number of nitrogens with zero attached hydrogens (tertiary/aromatic N) is 5. The normalized spacial score (nSPS) is 25.6. The summed E-state index contributed by atoms with van der Waals surface area (Å²) in [6.45, 7) is 33.0. The van der Waals surface area contributed by atoms with Crippen LogP contribution in [0, 0.1) is 47.3 Å². The van der Waals surface area contributed by atoms with Crippen molar-refractivity contribution < 1.29 is 139 Å². The van der Waals surface area contributed by atoms with E-state index in [0.29, 0.717) is 74.0 Å². The topological polar surface area (TPSA) is 497 Å². The zero-order chi connectivity index (χ0) is 103. The maximum atomic E-state index is 14.6. The summed E-state index contributed by atoms with van der Waals surface area (Å²) in [6, 6.07) is 10.6. The van der Waals surface area contributed by atoms with Crippen LogP contribution in [0.3, 0.4) is 0 Å². The lowest BCUT2D eigenvalue weighted by Gasteiger charge is -2.35. The van der Waals surface area contributed by atoms with E-state index in [2.05, 4.69) is 37.6 Å². The summed E-state index contributed by atoms with van der Waals surface area (Å²) >= 11 is 0. The van der Waals surface area contributed by atoms with Crippen molar-refractivity contribution in [3.05, 3.63) is 95.6 Å². The number of methoxy groups -OCH3 is 2. The lowest BCUT2D eigenvalue weighted by molar-refractivity contribution is -0.419. The van der Waals surface area contributed by atoms with Crippen LogP contribution in [0.4, 0.5) is 4.79 Å². The molecule has 3 aromatic rings. The van der Waals surface area contributed by atoms with Gasteiger partial charge in [-0.15, -0.1) is 0 Å². The van der Waals surface area contributed by atoms with Crippen LogP contribution in [-0.2, 0) is 110 Å². The molecule has 38 heteroatoms. The quantitative estimate of drug-likeness (QED) is 0.0387. The number of carbonyl (C=O) groups excluding carboxylic acids is 14. The second kappa shape index (κ2) is 57.7. The van der Waals surface area contributed by atoms with Crippen LogP contribution in [0.25, 0.3) is 0 Å². The number of likely N-dealkylation sites (N-methyl/N-ethyl adjacent to an activating group) is 4. The van der Waals surface area contributed by atoms with Crippen molar-refractivity contribution in [2.45, 2.75) is 330 Å². The van der Waals surface area contributed by atoms with E-state index in [1.165, 1.54) is 68.8 Å². The fraction of sp³-hybridized carbons (Fsp3) is 0.670. The Morgan fingerprint density at radius 1 is 0.529 bits per heavy atom. The van der Waals surface area contributed by atoms with Crippen LogP contribution >= 0.6 is 0 Å². The molecule has 0 radical (unpaired) electrons. The minimum atomic E-state index is -1.50. The maximum Gasteiger partial charge on any atom is 0.410 e. The third kappa shape index (κ3) is 35.8. The Kier molecular flexibility index (Phi) is 50.0. The third-order valence-corrected chi connectivity index (χ3v) is 25.5. The molecule has 0 spiro atoms. The molecule has 774 valence electrons. The molecule has 0 bridgehead atoms. The number of halogens is 1. The Morgan fingerprint density at radius 2 is 0.928 bits per heavy atom. The summed E-state index contributed by atoms with van der Waals surface area (Å²) in [6.07, 6.45) is -5.67. The van der Waals surface area contributed by atoms with Gasteiger partial charge in [0, 0.05) is 47.1 Å². The van der Waals surface area contributed by atoms with Crippen LogP contribution in [0.15, 0.2) is 78.9 Å². The first kappa shape index (κ1) is 120. The smallest absolute Gasteiger partial charge is 0.410 e. The van der Waals surface area contributed by atoms with Gasteiger partial charge in [0.15, 0.2) is 18.3 Å². The SMILES string of the molecule is CC(C)C[C@H](C(=O)O)N(C)C(=O)OCc1ccccc1.CC[C@H](C)[C@H]1NC(=O)[C@@H](NC(=O)[C@@H](CC(C)C)NC)[C@@H](C)OC(=O)[C@H](Cc2ccc(OC)cc2)N(C)C(=O)[C@@H]2CCCN2C(=O)[C@H](CC(C)C)NC(=O)[C@H](C(C)C)OC(=O)C[C@@H]1O.CC[C@H](C)[C@H]1NC(=O)[C@@H]([NH3+])[C@@H](C)OC(=O)[C@H](Cc2ccc(OC)cc2)N(C)C(=O)[C@@H]2CCCN2C(=O)[C@H](CC(C)C)NC(=O)[C@H](C(C)C)OC(=O)C[C@@H]1O.[Cl-]. The Labute approximate surface area is 820 Å². The van der Waals surface area contributed by atoms with E-state index >= 15 is 0 Å². The van der Waals surface area contributed by atoms with Crippen LogP contribution in [-0.4, -0.2) is 294 Å². The number of benzene rings is 3. The predicted octanol–water partition coefficient (Wildman–Crippen LogP) is 3.25. The molecule has 3 aromatic carbocycles. The van der Waals surface area contributed by atoms with Crippen molar-refractivity contribution in [1.82, 2.24) is 56.4 Å². The lowest BCUT2D eigenvalue weighted by atomic mass is 9.92. The van der Waals surface area contributed by atoms with Crippen molar-refractivity contribution in [2.24, 2.45) is 47.3 Å². The molecular weight excluding hydrogens is 1800 g/mol. The number of aliphatic hydroxyl groups excluding tert-OH is 2. The minimum absolute atomic E-state index is 0. The molecule has 37 nitrogen and oxygen atoms in total. The van der Waals surface area contributed by atoms with E-state index in [-0.39, 0.29) is 87.4 Å². The number of rotatable bonds is 27. The lowest BCUT2D eigenvalue weighted by Crippen LogP contribution is -3.00. The van der Waals surface area contributed by atoms with Crippen molar-refractivity contribution in [1.29, 1.82) is 0 Å². The Balaban J connectivity index is 0.000000480. The van der Waals surface area contributed by atoms with E-state index in [0.717, 1.165) is 10.5 Å². The number of cyclic esters (lactones) is 4. The van der Waals surface area contributed by atoms with Gasteiger partial charge >= 0.3 is 35.9 Å². The number of ether oxygens (including phenoxy) is 7. The molecule has 0 unspecified atom stereocenters. The molecular formula is C100H157ClN12O25. The molecule has 0 aromatic heterocycles. The third-order valence-electron chi connectivity index (χ3n) is 25.5. The fourth-order valence-corrected chi connectivity index (χ4v) is 16.8. The highest BCUT2D eigenvalue weighted by atomic mass is 35.5. The molecule has 4 fully saturated rings. The van der Waals surface area contributed by atoms with Crippen LogP contribution in [0.2, 0.25) is 0 Å². The van der Waals surface area contributed by atoms with Gasteiger partial charge in [-0.05, 0) is 161 Å². The average Bonchev–Trinajstić information content (AvgIpc) is 1.62. The number of nitrogens with one attached hydrogen (secondary N) is 6. The van der Waals surface area contributed by atoms with E-state index in [1.54, 1.807) is 97.1 Å². The average molecular weight is 1960 g/mol. The molecule has 20 atom stereocenters. The van der Waals surface area contributed by atoms with E-state index in [4.69, 9.17) is 33.2 Å². The summed E-state index contributed by atoms with van der Waals surface area (Å²) in [5, 5.41) is 48.9. The number of carboxylic acid groups (broad SMARTS) is 1. The molecule has 4 saturated heterocycles. The second-order valence-corrected chi connectivity index (χ2v) is 39.0. The first-order chi connectivity index (χ1) is 64.4. The summed E-state index contributed by atoms with van der Waals surface area (Å²) in [7, 11) is 9.08. The first-order valence-electron chi connectivity index (χ1n) is 48.2. The van der Waals surface area contributed by atoms with E-state index in [1.807, 2.05) is 99.6 Å². The molecule has 4 heterocycles. The number of hydrogen-bond acceptors (Lipinski definition) is 25. The van der Waals surface area contributed by atoms with Gasteiger partial charge in [0.2, 0.25) is 41.5 Å². The molecule has 4 aliphatic rings. The van der Waals surface area contributed by atoms with Crippen molar-refractivity contribution in [2.75, 3.05) is 55.5 Å². The zero-order valence-corrected chi connectivity index (χ0v) is 85.9. The summed E-state index contributed by atoms with van der Waals surface area (Å²) < 4.78 is 39.0. The highest BCUT2D eigenvalue weighted by Crippen LogP contribution is 2.30. The number of carbonyl (C=O) groups is 15. The molecule has 138 heavy (non-hydrogen) atoms. The van der Waals surface area contributed by atoms with Gasteiger partial charge in [-0.3, -0.25) is 57.6 Å². The number of quaternary nitrogens is 1. The molecule has 0 aliphatic carbocycles. The second-order valence-electron chi connectivity index (χ2n) is 39.0. The number of aliphatic hydroxyl groups is 2. The Hall–Kier alpha value is -10.8. The number of amides is 10. The van der Waals surface area contributed by atoms with Gasteiger partial charge in [0.25, 0.3) is 17.7 Å². The van der Waals surface area contributed by atoms with Gasteiger partial charge in [-0.2, -0.15) is 0 Å². The van der Waals surface area contributed by atoms with Gasteiger partial charge in [0.05, 0.1) is 57.4 Å². The number of aliphatic carboxylic acids is 1. The van der Waals surface area contributed by atoms with Crippen LogP contribution in [0.5, 0.6) is 11.5 Å². The van der Waals surface area contributed by atoms with Crippen molar-refractivity contribution >= 4 is 89.1 Å². The van der Waals surface area contributed by atoms with Gasteiger partial charge < -0.3 is 118 Å². The zero-order valence-electron chi connectivity index (χ0n) is 85.2. The van der Waals surface area contributed by atoms with Gasteiger partial charge in [-0.1, -0.05) is 178 Å². The van der Waals surface area contributed by atoms with E-state index < -0.39 is 229 Å². The standard InChI is InChI=1S/C46H74N6O11.C39H61N5O10.C15H21NO4.ClH/c1-13-28(8)38-36(53)24-37(54)63-40(27(6)7)43(57)48-33(22-26(4)5)44(58)52-20-14-15-34(52)45(59)51(11)35(23-30-16-18-31(61-12)19-17-30)46(60)62-29(9)39(42(56)49-38)50-41(55)32(47-10)21-25(2)3;1-10-23(6)33-30(45)20-31(46)54-34(22(4)5)36(48)41-27(18-21(2)3)37(49)44-17-11-12-28(44)38(50)43(8)29(19-25-13-15-26(52-9)16-14-25)39(51)53-24(7)32(40)35(47)42-33;1-11(2)9-13(14(17)18)16(3)15(19)20-10-12-7-5-4-6-8-12;/h16-19,25-29,32-36,38-40,47,53H,13-15,20-24H2,1-12H3,(H,48,57)(H,49,56)(H,50,55);13-16,21-24,27-30,32-34,45H,10-12,17-20,40H2,1-9H3,(H,41,48)(H,42,47);4-8,11,13H,9-10H2,1-3H3,(H,17,18);1H/t28-,29+,32+,33-,34-,35-,36-,38+,39-,40-;23-,24+,27-,28-,29-,30-,32-,33+,34-;13-;/m001./s1. The molecule has 0 saturated carbocycles. The van der Waals surface area contributed by atoms with Crippen molar-refractivity contribution in [3.8, 4) is 11.5 Å². The largest absolute Gasteiger partial charge is 1.00 e. The van der Waals surface area contributed by atoms with Crippen LogP contribution < -0.4 is 59.5 Å². The summed E-state index contributed by atoms with van der Waals surface area (Å²) in [4.78, 5) is 212. The maximum absolute atomic E-state index is 14.6. The first-order valence-corrected chi connectivity index (χ1v) is 48.2. The van der Waals surface area contributed by atoms with Crippen molar-refractivity contribution in [3.63, 3.8) is 0 Å². The molecule has 7 rings (SSSR count). The highest BCUT2D eigenvalue weighted by Gasteiger charge is 2.48. The van der Waals surface area contributed by atoms with Gasteiger partial charge in [-0.25, -0.2) is 19.2 Å². The number of hydrogen-bond donors (Lipinski definition) is 10.